The molecule has 0 radical (unpaired) electrons. The first-order valence-electron chi connectivity index (χ1n) is 8.86. The van der Waals surface area contributed by atoms with Gasteiger partial charge in [-0.2, -0.15) is 0 Å². The number of hydrogen-bond acceptors (Lipinski definition) is 5. The van der Waals surface area contributed by atoms with Gasteiger partial charge in [0.1, 0.15) is 0 Å². The van der Waals surface area contributed by atoms with E-state index in [9.17, 15) is 10.1 Å². The van der Waals surface area contributed by atoms with Crippen LogP contribution in [-0.2, 0) is 6.54 Å². The van der Waals surface area contributed by atoms with Crippen LogP contribution in [0.2, 0.25) is 5.02 Å². The molecule has 2 aromatic carbocycles. The molecule has 1 fully saturated rings. The number of non-ortho nitro benzene ring substituents is 1. The van der Waals surface area contributed by atoms with Gasteiger partial charge in [0.05, 0.1) is 21.2 Å². The number of piperazine rings is 1. The molecule has 0 N–H and O–H groups in total. The van der Waals surface area contributed by atoms with Crippen LogP contribution in [0.15, 0.2) is 54.7 Å². The fourth-order valence-electron chi connectivity index (χ4n) is 3.55. The molecule has 0 saturated carbocycles. The first-order chi connectivity index (χ1) is 13.1. The van der Waals surface area contributed by atoms with Crippen molar-refractivity contribution in [3.05, 3.63) is 75.4 Å². The standard InChI is InChI=1S/C20H19ClN4O2/c21-18-13-17(25(26)27)6-7-19(18)24-11-9-23(10-12-24)14-16-4-1-3-15-5-2-8-22-20(15)16/h1-8,13H,9-12,14H2. The number of fused-ring (bicyclic) bond motifs is 1. The summed E-state index contributed by atoms with van der Waals surface area (Å²) >= 11 is 6.27. The lowest BCUT2D eigenvalue weighted by molar-refractivity contribution is -0.384. The first kappa shape index (κ1) is 17.7. The number of nitro benzene ring substituents is 1. The van der Waals surface area contributed by atoms with E-state index in [4.69, 9.17) is 11.6 Å². The SMILES string of the molecule is O=[N+]([O-])c1ccc(N2CCN(Cc3cccc4cccnc34)CC2)c(Cl)c1. The van der Waals surface area contributed by atoms with Gasteiger partial charge >= 0.3 is 0 Å². The van der Waals surface area contributed by atoms with Crippen molar-refractivity contribution in [3.63, 3.8) is 0 Å². The number of rotatable bonds is 4. The summed E-state index contributed by atoms with van der Waals surface area (Å²) in [6.07, 6.45) is 1.83. The maximum Gasteiger partial charge on any atom is 0.271 e. The fraction of sp³-hybridized carbons (Fsp3) is 0.250. The third kappa shape index (κ3) is 3.72. The third-order valence-electron chi connectivity index (χ3n) is 4.97. The van der Waals surface area contributed by atoms with Crippen LogP contribution < -0.4 is 4.90 Å². The van der Waals surface area contributed by atoms with E-state index in [-0.39, 0.29) is 5.69 Å². The molecule has 0 aliphatic carbocycles. The number of aromatic nitrogens is 1. The Balaban J connectivity index is 1.44. The van der Waals surface area contributed by atoms with Gasteiger partial charge in [-0.25, -0.2) is 0 Å². The Morgan fingerprint density at radius 3 is 2.59 bits per heavy atom. The number of para-hydroxylation sites is 1. The molecule has 0 atom stereocenters. The summed E-state index contributed by atoms with van der Waals surface area (Å²) in [4.78, 5) is 19.6. The van der Waals surface area contributed by atoms with Crippen molar-refractivity contribution in [3.8, 4) is 0 Å². The first-order valence-corrected chi connectivity index (χ1v) is 9.23. The van der Waals surface area contributed by atoms with Crippen molar-refractivity contribution in [2.24, 2.45) is 0 Å². The molecule has 27 heavy (non-hydrogen) atoms. The van der Waals surface area contributed by atoms with Gasteiger partial charge in [-0.3, -0.25) is 20.0 Å². The lowest BCUT2D eigenvalue weighted by atomic mass is 10.1. The van der Waals surface area contributed by atoms with Crippen molar-refractivity contribution in [1.82, 2.24) is 9.88 Å². The van der Waals surface area contributed by atoms with Gasteiger partial charge in [0.25, 0.3) is 5.69 Å². The minimum absolute atomic E-state index is 0.0193. The van der Waals surface area contributed by atoms with Gasteiger partial charge in [0.15, 0.2) is 0 Å². The Labute approximate surface area is 162 Å². The molecule has 138 valence electrons. The van der Waals surface area contributed by atoms with E-state index in [1.807, 2.05) is 12.3 Å². The van der Waals surface area contributed by atoms with E-state index in [2.05, 4.69) is 39.0 Å². The lowest BCUT2D eigenvalue weighted by Gasteiger charge is -2.36. The Kier molecular flexibility index (Phi) is 4.92. The fourth-order valence-corrected chi connectivity index (χ4v) is 3.84. The van der Waals surface area contributed by atoms with E-state index < -0.39 is 4.92 Å². The number of nitrogens with zero attached hydrogens (tertiary/aromatic N) is 4. The van der Waals surface area contributed by atoms with Crippen LogP contribution in [0.25, 0.3) is 10.9 Å². The normalized spacial score (nSPS) is 15.2. The quantitative estimate of drug-likeness (QED) is 0.501. The molecular weight excluding hydrogens is 364 g/mol. The Morgan fingerprint density at radius 1 is 1.07 bits per heavy atom. The van der Waals surface area contributed by atoms with E-state index >= 15 is 0 Å². The number of pyridine rings is 1. The predicted molar refractivity (Wildman–Crippen MR) is 107 cm³/mol. The molecule has 4 rings (SSSR count). The van der Waals surface area contributed by atoms with Crippen LogP contribution in [0.4, 0.5) is 11.4 Å². The molecule has 1 aliphatic rings. The van der Waals surface area contributed by atoms with Gasteiger partial charge in [-0.15, -0.1) is 0 Å². The molecule has 3 aromatic rings. The van der Waals surface area contributed by atoms with E-state index in [0.717, 1.165) is 49.3 Å². The maximum absolute atomic E-state index is 10.9. The molecule has 1 aliphatic heterocycles. The Hall–Kier alpha value is -2.70. The molecule has 6 nitrogen and oxygen atoms in total. The molecule has 2 heterocycles. The molecule has 7 heteroatoms. The summed E-state index contributed by atoms with van der Waals surface area (Å²) < 4.78 is 0. The zero-order valence-electron chi connectivity index (χ0n) is 14.7. The minimum atomic E-state index is -0.425. The molecule has 1 saturated heterocycles. The minimum Gasteiger partial charge on any atom is -0.368 e. The maximum atomic E-state index is 10.9. The second-order valence-corrected chi connectivity index (χ2v) is 7.06. The van der Waals surface area contributed by atoms with Gasteiger partial charge < -0.3 is 4.90 Å². The number of anilines is 1. The number of benzene rings is 2. The summed E-state index contributed by atoms with van der Waals surface area (Å²) in [6, 6.07) is 15.0. The van der Waals surface area contributed by atoms with Crippen LogP contribution in [-0.4, -0.2) is 41.0 Å². The summed E-state index contributed by atoms with van der Waals surface area (Å²) in [6.45, 7) is 4.31. The summed E-state index contributed by atoms with van der Waals surface area (Å²) in [5.41, 5.74) is 3.16. The van der Waals surface area contributed by atoms with Gasteiger partial charge in [-0.05, 0) is 17.7 Å². The van der Waals surface area contributed by atoms with Gasteiger partial charge in [0.2, 0.25) is 0 Å². The molecule has 0 spiro atoms. The Bertz CT molecular complexity index is 981. The molecule has 0 bridgehead atoms. The zero-order valence-corrected chi connectivity index (χ0v) is 15.5. The van der Waals surface area contributed by atoms with Crippen LogP contribution in [0, 0.1) is 10.1 Å². The highest BCUT2D eigenvalue weighted by Crippen LogP contribution is 2.30. The third-order valence-corrected chi connectivity index (χ3v) is 5.27. The smallest absolute Gasteiger partial charge is 0.271 e. The van der Waals surface area contributed by atoms with Crippen LogP contribution in [0.3, 0.4) is 0 Å². The van der Waals surface area contributed by atoms with Crippen molar-refractivity contribution in [2.75, 3.05) is 31.1 Å². The number of nitro groups is 1. The van der Waals surface area contributed by atoms with E-state index in [0.29, 0.717) is 5.02 Å². The predicted octanol–water partition coefficient (Wildman–Crippen LogP) is 4.12. The van der Waals surface area contributed by atoms with E-state index in [1.54, 1.807) is 6.07 Å². The van der Waals surface area contributed by atoms with Crippen LogP contribution >= 0.6 is 11.6 Å². The number of hydrogen-bond donors (Lipinski definition) is 0. The lowest BCUT2D eigenvalue weighted by Crippen LogP contribution is -2.46. The average molecular weight is 383 g/mol. The highest BCUT2D eigenvalue weighted by molar-refractivity contribution is 6.33. The monoisotopic (exact) mass is 382 g/mol. The highest BCUT2D eigenvalue weighted by Gasteiger charge is 2.21. The number of halogens is 1. The molecular formula is C20H19ClN4O2. The topological polar surface area (TPSA) is 62.5 Å². The summed E-state index contributed by atoms with van der Waals surface area (Å²) in [7, 11) is 0. The molecule has 0 amide bonds. The summed E-state index contributed by atoms with van der Waals surface area (Å²) in [5.74, 6) is 0. The van der Waals surface area contributed by atoms with Crippen LogP contribution in [0.5, 0.6) is 0 Å². The highest BCUT2D eigenvalue weighted by atomic mass is 35.5. The summed E-state index contributed by atoms with van der Waals surface area (Å²) in [5, 5.41) is 12.5. The average Bonchev–Trinajstić information content (AvgIpc) is 2.69. The molecule has 0 unspecified atom stereocenters. The van der Waals surface area contributed by atoms with Crippen molar-refractivity contribution >= 4 is 33.9 Å². The van der Waals surface area contributed by atoms with Crippen molar-refractivity contribution < 1.29 is 4.92 Å². The second-order valence-electron chi connectivity index (χ2n) is 6.65. The van der Waals surface area contributed by atoms with Gasteiger partial charge in [-0.1, -0.05) is 35.9 Å². The molecule has 1 aromatic heterocycles. The zero-order chi connectivity index (χ0) is 18.8. The Morgan fingerprint density at radius 2 is 1.85 bits per heavy atom. The van der Waals surface area contributed by atoms with E-state index in [1.165, 1.54) is 17.7 Å². The van der Waals surface area contributed by atoms with Crippen LogP contribution in [0.1, 0.15) is 5.56 Å². The second kappa shape index (κ2) is 7.50. The largest absolute Gasteiger partial charge is 0.368 e. The van der Waals surface area contributed by atoms with Gasteiger partial charge in [0, 0.05) is 56.4 Å². The van der Waals surface area contributed by atoms with Crippen molar-refractivity contribution in [2.45, 2.75) is 6.54 Å². The van der Waals surface area contributed by atoms with Crippen molar-refractivity contribution in [1.29, 1.82) is 0 Å².